The van der Waals surface area contributed by atoms with E-state index in [-0.39, 0.29) is 19.0 Å². The number of amides is 2. The zero-order valence-electron chi connectivity index (χ0n) is 15.9. The van der Waals surface area contributed by atoms with Crippen molar-refractivity contribution in [2.75, 3.05) is 18.5 Å². The first-order valence-electron chi connectivity index (χ1n) is 8.14. The summed E-state index contributed by atoms with van der Waals surface area (Å²) >= 11 is 5.64. The zero-order valence-corrected chi connectivity index (χ0v) is 16.7. The minimum Gasteiger partial charge on any atom is -0.459 e. The first-order valence-corrected chi connectivity index (χ1v) is 8.58. The molecule has 2 amide bonds. The Morgan fingerprint density at radius 3 is 2.59 bits per heavy atom. The number of halogens is 1. The van der Waals surface area contributed by atoms with Gasteiger partial charge in [0.25, 0.3) is 0 Å². The van der Waals surface area contributed by atoms with Crippen LogP contribution in [0.1, 0.15) is 33.3 Å². The minimum absolute atomic E-state index is 0.147. The summed E-state index contributed by atoms with van der Waals surface area (Å²) < 4.78 is 15.0. The summed E-state index contributed by atoms with van der Waals surface area (Å²) in [7, 11) is 1.46. The van der Waals surface area contributed by atoms with E-state index in [0.717, 1.165) is 4.90 Å². The van der Waals surface area contributed by atoms with Crippen molar-refractivity contribution in [2.24, 2.45) is 0 Å². The summed E-state index contributed by atoms with van der Waals surface area (Å²) in [6.45, 7) is 6.13. The predicted molar refractivity (Wildman–Crippen MR) is 98.5 cm³/mol. The molecule has 1 atom stereocenters. The molecule has 0 radical (unpaired) electrons. The molecule has 0 spiro atoms. The number of nitrogens with zero attached hydrogens (tertiary/aromatic N) is 2. The number of pyridine rings is 1. The van der Waals surface area contributed by atoms with Crippen molar-refractivity contribution in [3.63, 3.8) is 0 Å². The molecule has 1 N–H and O–H groups in total. The van der Waals surface area contributed by atoms with E-state index < -0.39 is 29.3 Å². The predicted octanol–water partition coefficient (Wildman–Crippen LogP) is 2.81. The van der Waals surface area contributed by atoms with E-state index in [9.17, 15) is 14.4 Å². The van der Waals surface area contributed by atoms with Gasteiger partial charge in [-0.2, -0.15) is 0 Å². The number of carbonyl (C=O) groups is 3. The van der Waals surface area contributed by atoms with Gasteiger partial charge in [-0.15, -0.1) is 0 Å². The van der Waals surface area contributed by atoms with Crippen molar-refractivity contribution in [1.82, 2.24) is 10.3 Å². The first-order chi connectivity index (χ1) is 12.5. The molecule has 0 bridgehead atoms. The van der Waals surface area contributed by atoms with Gasteiger partial charge in [-0.3, -0.25) is 9.69 Å². The van der Waals surface area contributed by atoms with Crippen LogP contribution >= 0.6 is 11.6 Å². The Morgan fingerprint density at radius 2 is 2.00 bits per heavy atom. The third kappa shape index (κ3) is 8.59. The van der Waals surface area contributed by atoms with Crippen molar-refractivity contribution in [3.8, 4) is 0 Å². The van der Waals surface area contributed by atoms with Gasteiger partial charge in [0.1, 0.15) is 24.6 Å². The molecule has 1 heterocycles. The van der Waals surface area contributed by atoms with Gasteiger partial charge >= 0.3 is 18.2 Å². The number of alkyl carbamates (subject to hydrolysis) is 1. The fourth-order valence-corrected chi connectivity index (χ4v) is 1.89. The van der Waals surface area contributed by atoms with Crippen molar-refractivity contribution < 1.29 is 28.6 Å². The lowest BCUT2D eigenvalue weighted by molar-refractivity contribution is -0.143. The van der Waals surface area contributed by atoms with Crippen LogP contribution in [-0.2, 0) is 25.6 Å². The van der Waals surface area contributed by atoms with Crippen LogP contribution in [0.4, 0.5) is 15.4 Å². The third-order valence-electron chi connectivity index (χ3n) is 2.89. The number of esters is 1. The lowest BCUT2D eigenvalue weighted by atomic mass is 10.2. The molecular formula is C17H24ClN3O6. The number of hydrogen-bond donors (Lipinski definition) is 1. The van der Waals surface area contributed by atoms with E-state index in [1.54, 1.807) is 32.9 Å². The fraction of sp³-hybridized carbons (Fsp3) is 0.529. The average molecular weight is 402 g/mol. The fourth-order valence-electron chi connectivity index (χ4n) is 1.82. The second-order valence-electron chi connectivity index (χ2n) is 6.49. The Kier molecular flexibility index (Phi) is 8.30. The summed E-state index contributed by atoms with van der Waals surface area (Å²) in [4.78, 5) is 40.5. The molecule has 1 aromatic heterocycles. The molecule has 1 rings (SSSR count). The molecule has 0 aromatic carbocycles. The molecular weight excluding hydrogens is 378 g/mol. The topological polar surface area (TPSA) is 107 Å². The maximum atomic E-state index is 11.9. The molecule has 1 unspecified atom stereocenters. The standard InChI is InChI=1S/C17H24ClN3O6/c1-11(18)26-16(24)21(5)14-12(7-6-8-19-14)10-25-13(22)9-20-15(23)27-17(2,3)4/h6-8,11H,9-10H2,1-5H3,(H,20,23). The summed E-state index contributed by atoms with van der Waals surface area (Å²) in [5, 5.41) is 2.30. The number of aromatic nitrogens is 1. The smallest absolute Gasteiger partial charge is 0.416 e. The van der Waals surface area contributed by atoms with E-state index in [0.29, 0.717) is 5.56 Å². The van der Waals surface area contributed by atoms with Crippen LogP contribution in [0.3, 0.4) is 0 Å². The Hall–Kier alpha value is -2.55. The third-order valence-corrected chi connectivity index (χ3v) is 2.98. The highest BCUT2D eigenvalue weighted by molar-refractivity contribution is 6.20. The van der Waals surface area contributed by atoms with Crippen LogP contribution in [0.15, 0.2) is 18.3 Å². The Labute approximate surface area is 162 Å². The lowest BCUT2D eigenvalue weighted by Gasteiger charge is -2.20. The van der Waals surface area contributed by atoms with E-state index in [2.05, 4.69) is 10.3 Å². The molecule has 1 aromatic rings. The highest BCUT2D eigenvalue weighted by Crippen LogP contribution is 2.18. The van der Waals surface area contributed by atoms with E-state index in [1.807, 2.05) is 0 Å². The highest BCUT2D eigenvalue weighted by atomic mass is 35.5. The number of hydrogen-bond acceptors (Lipinski definition) is 7. The normalized spacial score (nSPS) is 11.9. The van der Waals surface area contributed by atoms with Crippen LogP contribution in [0.5, 0.6) is 0 Å². The average Bonchev–Trinajstić information content (AvgIpc) is 2.55. The number of ether oxygens (including phenoxy) is 3. The molecule has 10 heteroatoms. The van der Waals surface area contributed by atoms with Crippen LogP contribution in [-0.4, -0.2) is 47.9 Å². The Balaban J connectivity index is 2.61. The molecule has 0 aliphatic rings. The summed E-state index contributed by atoms with van der Waals surface area (Å²) in [5.41, 5.74) is -0.994. The van der Waals surface area contributed by atoms with Gasteiger partial charge in [0.05, 0.1) is 0 Å². The number of anilines is 1. The van der Waals surface area contributed by atoms with Crippen LogP contribution in [0.2, 0.25) is 0 Å². The van der Waals surface area contributed by atoms with Gasteiger partial charge in [-0.05, 0) is 33.8 Å². The van der Waals surface area contributed by atoms with Gasteiger partial charge in [-0.25, -0.2) is 14.6 Å². The van der Waals surface area contributed by atoms with Gasteiger partial charge in [-0.1, -0.05) is 17.7 Å². The molecule has 0 aliphatic heterocycles. The second-order valence-corrected chi connectivity index (χ2v) is 7.10. The Morgan fingerprint density at radius 1 is 1.33 bits per heavy atom. The quantitative estimate of drug-likeness (QED) is 0.443. The second kappa shape index (κ2) is 9.96. The van der Waals surface area contributed by atoms with Gasteiger partial charge in [0.15, 0.2) is 5.56 Å². The maximum Gasteiger partial charge on any atom is 0.416 e. The van der Waals surface area contributed by atoms with Crippen LogP contribution in [0, 0.1) is 0 Å². The molecule has 0 saturated carbocycles. The lowest BCUT2D eigenvalue weighted by Crippen LogP contribution is -2.36. The molecule has 0 aliphatic carbocycles. The number of carbonyl (C=O) groups excluding carboxylic acids is 3. The van der Waals surface area contributed by atoms with Crippen molar-refractivity contribution >= 4 is 35.6 Å². The number of nitrogens with one attached hydrogen (secondary N) is 1. The van der Waals surface area contributed by atoms with E-state index in [1.165, 1.54) is 20.2 Å². The molecule has 27 heavy (non-hydrogen) atoms. The van der Waals surface area contributed by atoms with Crippen molar-refractivity contribution in [2.45, 2.75) is 45.5 Å². The number of alkyl halides is 1. The SMILES string of the molecule is CC(Cl)OC(=O)N(C)c1ncccc1COC(=O)CNC(=O)OC(C)(C)C. The maximum absolute atomic E-state index is 11.9. The monoisotopic (exact) mass is 401 g/mol. The van der Waals surface area contributed by atoms with Gasteiger partial charge < -0.3 is 19.5 Å². The first kappa shape index (κ1) is 22.5. The molecule has 150 valence electrons. The van der Waals surface area contributed by atoms with Crippen molar-refractivity contribution in [1.29, 1.82) is 0 Å². The Bertz CT molecular complexity index is 675. The van der Waals surface area contributed by atoms with Gasteiger partial charge in [0.2, 0.25) is 0 Å². The van der Waals surface area contributed by atoms with Gasteiger partial charge in [0, 0.05) is 18.8 Å². The van der Waals surface area contributed by atoms with E-state index in [4.69, 9.17) is 25.8 Å². The highest BCUT2D eigenvalue weighted by Gasteiger charge is 2.20. The van der Waals surface area contributed by atoms with E-state index >= 15 is 0 Å². The zero-order chi connectivity index (χ0) is 20.6. The van der Waals surface area contributed by atoms with Crippen molar-refractivity contribution in [3.05, 3.63) is 23.9 Å². The molecule has 0 fully saturated rings. The summed E-state index contributed by atoms with van der Waals surface area (Å²) in [6.07, 6.45) is 0.0630. The minimum atomic E-state index is -0.802. The number of rotatable bonds is 6. The summed E-state index contributed by atoms with van der Waals surface area (Å²) in [5.74, 6) is -0.414. The molecule has 9 nitrogen and oxygen atoms in total. The summed E-state index contributed by atoms with van der Waals surface area (Å²) in [6, 6.07) is 3.28. The largest absolute Gasteiger partial charge is 0.459 e. The molecule has 0 saturated heterocycles. The van der Waals surface area contributed by atoms with Crippen LogP contribution in [0.25, 0.3) is 0 Å². The van der Waals surface area contributed by atoms with Crippen LogP contribution < -0.4 is 10.2 Å².